The maximum absolute atomic E-state index is 13.5. The number of hydrogen-bond acceptors (Lipinski definition) is 2. The number of hydrogen-bond donors (Lipinski definition) is 1. The maximum Gasteiger partial charge on any atom is 0.160 e. The number of halogens is 3. The first-order valence-corrected chi connectivity index (χ1v) is 7.41. The standard InChI is InChI=1S/C15H20ClF2NO/c1-3-5-19-15(10-4-6-20-9(10)2)11-7-13(17)14(18)8-12(11)16/h7-10,15,19H,3-6H2,1-2H3. The Morgan fingerprint density at radius 3 is 2.70 bits per heavy atom. The lowest BCUT2D eigenvalue weighted by molar-refractivity contribution is 0.0953. The normalized spacial score (nSPS) is 24.1. The molecule has 0 amide bonds. The van der Waals surface area contributed by atoms with Crippen LogP contribution in [0, 0.1) is 17.6 Å². The Morgan fingerprint density at radius 2 is 2.10 bits per heavy atom. The zero-order valence-electron chi connectivity index (χ0n) is 11.8. The van der Waals surface area contributed by atoms with Crippen molar-refractivity contribution in [3.05, 3.63) is 34.4 Å². The summed E-state index contributed by atoms with van der Waals surface area (Å²) in [7, 11) is 0. The first kappa shape index (κ1) is 15.7. The highest BCUT2D eigenvalue weighted by Crippen LogP contribution is 2.37. The average Bonchev–Trinajstić information content (AvgIpc) is 2.82. The van der Waals surface area contributed by atoms with Crippen LogP contribution in [0.5, 0.6) is 0 Å². The lowest BCUT2D eigenvalue weighted by Crippen LogP contribution is -2.32. The van der Waals surface area contributed by atoms with E-state index in [0.717, 1.165) is 25.5 Å². The van der Waals surface area contributed by atoms with E-state index >= 15 is 0 Å². The van der Waals surface area contributed by atoms with Gasteiger partial charge < -0.3 is 10.1 Å². The number of benzene rings is 1. The average molecular weight is 304 g/mol. The summed E-state index contributed by atoms with van der Waals surface area (Å²) < 4.78 is 32.3. The highest BCUT2D eigenvalue weighted by molar-refractivity contribution is 6.31. The van der Waals surface area contributed by atoms with Crippen LogP contribution in [0.4, 0.5) is 8.78 Å². The predicted molar refractivity (Wildman–Crippen MR) is 75.9 cm³/mol. The van der Waals surface area contributed by atoms with E-state index in [2.05, 4.69) is 12.2 Å². The van der Waals surface area contributed by atoms with Gasteiger partial charge >= 0.3 is 0 Å². The highest BCUT2D eigenvalue weighted by Gasteiger charge is 2.34. The van der Waals surface area contributed by atoms with Gasteiger partial charge in [-0.2, -0.15) is 0 Å². The first-order chi connectivity index (χ1) is 9.54. The molecule has 1 aliphatic heterocycles. The fourth-order valence-corrected chi connectivity index (χ4v) is 3.02. The molecule has 1 aliphatic rings. The zero-order chi connectivity index (χ0) is 14.7. The van der Waals surface area contributed by atoms with Crippen LogP contribution in [0.25, 0.3) is 0 Å². The van der Waals surface area contributed by atoms with Gasteiger partial charge in [0.15, 0.2) is 11.6 Å². The minimum atomic E-state index is -0.913. The van der Waals surface area contributed by atoms with Crippen LogP contribution in [0.1, 0.15) is 38.3 Å². The first-order valence-electron chi connectivity index (χ1n) is 7.04. The molecule has 112 valence electrons. The second-order valence-corrected chi connectivity index (χ2v) is 5.66. The van der Waals surface area contributed by atoms with Crippen molar-refractivity contribution < 1.29 is 13.5 Å². The molecule has 1 saturated heterocycles. The van der Waals surface area contributed by atoms with Gasteiger partial charge in [-0.15, -0.1) is 0 Å². The van der Waals surface area contributed by atoms with Crippen molar-refractivity contribution in [1.82, 2.24) is 5.32 Å². The van der Waals surface area contributed by atoms with Crippen molar-refractivity contribution in [2.45, 2.75) is 38.8 Å². The molecule has 3 unspecified atom stereocenters. The number of nitrogens with one attached hydrogen (secondary N) is 1. The molecule has 1 heterocycles. The quantitative estimate of drug-likeness (QED) is 0.828. The Hall–Kier alpha value is -0.710. The van der Waals surface area contributed by atoms with Crippen LogP contribution in [-0.2, 0) is 4.74 Å². The van der Waals surface area contributed by atoms with E-state index in [9.17, 15) is 8.78 Å². The van der Waals surface area contributed by atoms with Gasteiger partial charge in [0.2, 0.25) is 0 Å². The van der Waals surface area contributed by atoms with E-state index in [1.807, 2.05) is 6.92 Å². The fourth-order valence-electron chi connectivity index (χ4n) is 2.75. The largest absolute Gasteiger partial charge is 0.378 e. The van der Waals surface area contributed by atoms with E-state index in [-0.39, 0.29) is 23.1 Å². The van der Waals surface area contributed by atoms with Gasteiger partial charge in [-0.3, -0.25) is 0 Å². The molecule has 0 spiro atoms. The summed E-state index contributed by atoms with van der Waals surface area (Å²) in [6.07, 6.45) is 1.92. The monoisotopic (exact) mass is 303 g/mol. The van der Waals surface area contributed by atoms with Crippen LogP contribution in [-0.4, -0.2) is 19.3 Å². The fraction of sp³-hybridized carbons (Fsp3) is 0.600. The van der Waals surface area contributed by atoms with Gasteiger partial charge in [0.1, 0.15) is 0 Å². The molecule has 3 atom stereocenters. The summed E-state index contributed by atoms with van der Waals surface area (Å²) in [4.78, 5) is 0. The molecule has 0 bridgehead atoms. The van der Waals surface area contributed by atoms with Crippen molar-refractivity contribution >= 4 is 11.6 Å². The second kappa shape index (κ2) is 6.83. The third-order valence-electron chi connectivity index (χ3n) is 3.85. The Labute approximate surface area is 123 Å². The smallest absolute Gasteiger partial charge is 0.160 e. The molecule has 0 aliphatic carbocycles. The topological polar surface area (TPSA) is 21.3 Å². The molecule has 0 aromatic heterocycles. The molecule has 20 heavy (non-hydrogen) atoms. The van der Waals surface area contributed by atoms with E-state index < -0.39 is 11.6 Å². The van der Waals surface area contributed by atoms with Crippen molar-refractivity contribution in [1.29, 1.82) is 0 Å². The molecule has 0 radical (unpaired) electrons. The van der Waals surface area contributed by atoms with Gasteiger partial charge in [-0.25, -0.2) is 8.78 Å². The molecule has 1 fully saturated rings. The van der Waals surface area contributed by atoms with E-state index in [1.165, 1.54) is 6.07 Å². The van der Waals surface area contributed by atoms with Crippen LogP contribution in [0.15, 0.2) is 12.1 Å². The molecule has 2 rings (SSSR count). The van der Waals surface area contributed by atoms with Gasteiger partial charge in [-0.1, -0.05) is 18.5 Å². The number of ether oxygens (including phenoxy) is 1. The van der Waals surface area contributed by atoms with Crippen molar-refractivity contribution in [3.8, 4) is 0 Å². The van der Waals surface area contributed by atoms with Crippen LogP contribution < -0.4 is 5.32 Å². The molecule has 2 nitrogen and oxygen atoms in total. The minimum absolute atomic E-state index is 0.0773. The van der Waals surface area contributed by atoms with Crippen molar-refractivity contribution in [2.75, 3.05) is 13.2 Å². The minimum Gasteiger partial charge on any atom is -0.378 e. The molecule has 1 N–H and O–H groups in total. The Bertz CT molecular complexity index is 469. The van der Waals surface area contributed by atoms with Crippen LogP contribution >= 0.6 is 11.6 Å². The summed E-state index contributed by atoms with van der Waals surface area (Å²) in [6, 6.07) is 2.14. The third kappa shape index (κ3) is 3.30. The van der Waals surface area contributed by atoms with Crippen molar-refractivity contribution in [3.63, 3.8) is 0 Å². The molecule has 5 heteroatoms. The molecule has 1 aromatic carbocycles. The molecular formula is C15H20ClF2NO. The maximum atomic E-state index is 13.5. The predicted octanol–water partition coefficient (Wildman–Crippen LogP) is 4.08. The Balaban J connectivity index is 2.32. The van der Waals surface area contributed by atoms with Crippen LogP contribution in [0.3, 0.4) is 0 Å². The lowest BCUT2D eigenvalue weighted by Gasteiger charge is -2.28. The lowest BCUT2D eigenvalue weighted by atomic mass is 9.88. The summed E-state index contributed by atoms with van der Waals surface area (Å²) in [5.41, 5.74) is 0.612. The van der Waals surface area contributed by atoms with E-state index in [4.69, 9.17) is 16.3 Å². The van der Waals surface area contributed by atoms with E-state index in [0.29, 0.717) is 12.2 Å². The van der Waals surface area contributed by atoms with Gasteiger partial charge in [0.25, 0.3) is 0 Å². The zero-order valence-corrected chi connectivity index (χ0v) is 12.5. The summed E-state index contributed by atoms with van der Waals surface area (Å²) in [6.45, 7) is 5.55. The Kier molecular flexibility index (Phi) is 5.35. The van der Waals surface area contributed by atoms with Crippen molar-refractivity contribution in [2.24, 2.45) is 5.92 Å². The second-order valence-electron chi connectivity index (χ2n) is 5.25. The van der Waals surface area contributed by atoms with Crippen LogP contribution in [0.2, 0.25) is 5.02 Å². The number of rotatable bonds is 5. The third-order valence-corrected chi connectivity index (χ3v) is 4.18. The summed E-state index contributed by atoms with van der Waals surface area (Å²) in [5, 5.41) is 3.65. The Morgan fingerprint density at radius 1 is 1.40 bits per heavy atom. The van der Waals surface area contributed by atoms with Gasteiger partial charge in [0.05, 0.1) is 6.10 Å². The van der Waals surface area contributed by atoms with Gasteiger partial charge in [-0.05, 0) is 44.0 Å². The van der Waals surface area contributed by atoms with Gasteiger partial charge in [0, 0.05) is 23.6 Å². The molecule has 1 aromatic rings. The summed E-state index contributed by atoms with van der Waals surface area (Å²) >= 11 is 6.11. The van der Waals surface area contributed by atoms with E-state index in [1.54, 1.807) is 0 Å². The SMILES string of the molecule is CCCNC(c1cc(F)c(F)cc1Cl)C1CCOC1C. The molecular weight excluding hydrogens is 284 g/mol. The highest BCUT2D eigenvalue weighted by atomic mass is 35.5. The summed E-state index contributed by atoms with van der Waals surface area (Å²) in [5.74, 6) is -1.56. The molecule has 0 saturated carbocycles.